The molecule has 156 valence electrons. The van der Waals surface area contributed by atoms with Crippen LogP contribution in [0.1, 0.15) is 35.0 Å². The molecule has 3 rings (SSSR count). The molecule has 0 aliphatic heterocycles. The zero-order valence-electron chi connectivity index (χ0n) is 16.8. The molecule has 6 nitrogen and oxygen atoms in total. The smallest absolute Gasteiger partial charge is 0.258 e. The topological polar surface area (TPSA) is 71.3 Å². The molecule has 0 saturated heterocycles. The van der Waals surface area contributed by atoms with Crippen molar-refractivity contribution < 1.29 is 4.79 Å². The van der Waals surface area contributed by atoms with Crippen LogP contribution < -0.4 is 10.6 Å². The fourth-order valence-corrected chi connectivity index (χ4v) is 3.23. The Labute approximate surface area is 185 Å². The number of halogens is 2. The van der Waals surface area contributed by atoms with E-state index in [1.54, 1.807) is 36.4 Å². The van der Waals surface area contributed by atoms with Gasteiger partial charge in [-0.3, -0.25) is 14.8 Å². The van der Waals surface area contributed by atoms with Gasteiger partial charge in [-0.25, -0.2) is 4.99 Å². The van der Waals surface area contributed by atoms with Crippen molar-refractivity contribution in [2.45, 2.75) is 33.4 Å². The van der Waals surface area contributed by atoms with Crippen molar-refractivity contribution in [3.05, 3.63) is 81.6 Å². The van der Waals surface area contributed by atoms with E-state index < -0.39 is 0 Å². The van der Waals surface area contributed by atoms with Gasteiger partial charge in [0, 0.05) is 39.6 Å². The number of aromatic nitrogens is 2. The first-order valence-corrected chi connectivity index (χ1v) is 10.4. The van der Waals surface area contributed by atoms with E-state index in [2.05, 4.69) is 27.6 Å². The van der Waals surface area contributed by atoms with Crippen LogP contribution in [-0.4, -0.2) is 21.6 Å². The van der Waals surface area contributed by atoms with E-state index in [1.165, 1.54) is 0 Å². The van der Waals surface area contributed by atoms with Crippen LogP contribution in [-0.2, 0) is 13.1 Å². The standard InChI is InChI=1S/C22H23Cl2N5O/c1-3-10-29-14-17(15(2)28-29)13-25-22(26-20-9-5-8-19(24)12-20)27-21(30)16-6-4-7-18(23)11-16/h4-9,11-12,14H,3,10,13H2,1-2H3,(H2,25,26,27,30). The number of benzene rings is 2. The van der Waals surface area contributed by atoms with Crippen LogP contribution in [0, 0.1) is 6.92 Å². The van der Waals surface area contributed by atoms with Gasteiger partial charge in [-0.05, 0) is 49.7 Å². The van der Waals surface area contributed by atoms with Gasteiger partial charge in [-0.1, -0.05) is 42.3 Å². The first-order valence-electron chi connectivity index (χ1n) is 9.61. The number of anilines is 1. The summed E-state index contributed by atoms with van der Waals surface area (Å²) in [6.45, 7) is 5.27. The van der Waals surface area contributed by atoms with Crippen molar-refractivity contribution in [1.82, 2.24) is 15.1 Å². The van der Waals surface area contributed by atoms with Crippen LogP contribution in [0.5, 0.6) is 0 Å². The summed E-state index contributed by atoms with van der Waals surface area (Å²) in [6, 6.07) is 13.9. The predicted octanol–water partition coefficient (Wildman–Crippen LogP) is 5.31. The van der Waals surface area contributed by atoms with Gasteiger partial charge in [0.05, 0.1) is 12.2 Å². The molecule has 0 radical (unpaired) electrons. The Bertz CT molecular complexity index is 1060. The first kappa shape index (κ1) is 21.9. The second-order valence-corrected chi connectivity index (χ2v) is 7.64. The molecule has 30 heavy (non-hydrogen) atoms. The second-order valence-electron chi connectivity index (χ2n) is 6.77. The lowest BCUT2D eigenvalue weighted by molar-refractivity contribution is 0.0977. The Hall–Kier alpha value is -2.83. The molecular formula is C22H23Cl2N5O. The number of nitrogens with one attached hydrogen (secondary N) is 2. The van der Waals surface area contributed by atoms with Gasteiger partial charge in [-0.2, -0.15) is 5.10 Å². The highest BCUT2D eigenvalue weighted by Crippen LogP contribution is 2.16. The van der Waals surface area contributed by atoms with Crippen LogP contribution in [0.2, 0.25) is 10.0 Å². The van der Waals surface area contributed by atoms with Crippen molar-refractivity contribution in [2.24, 2.45) is 4.99 Å². The molecule has 8 heteroatoms. The van der Waals surface area contributed by atoms with Crippen molar-refractivity contribution in [2.75, 3.05) is 5.32 Å². The van der Waals surface area contributed by atoms with E-state index in [-0.39, 0.29) is 5.91 Å². The van der Waals surface area contributed by atoms with E-state index in [1.807, 2.05) is 29.9 Å². The Kier molecular flexibility index (Phi) is 7.49. The maximum Gasteiger partial charge on any atom is 0.258 e. The molecule has 2 N–H and O–H groups in total. The number of amides is 1. The molecule has 0 spiro atoms. The summed E-state index contributed by atoms with van der Waals surface area (Å²) in [6.07, 6.45) is 2.99. The summed E-state index contributed by atoms with van der Waals surface area (Å²) in [5, 5.41) is 11.5. The number of aryl methyl sites for hydroxylation is 2. The fraction of sp³-hybridized carbons (Fsp3) is 0.227. The minimum absolute atomic E-state index is 0.310. The average molecular weight is 444 g/mol. The summed E-state index contributed by atoms with van der Waals surface area (Å²) < 4.78 is 1.91. The number of carbonyl (C=O) groups excluding carboxylic acids is 1. The number of aliphatic imine (C=N–C) groups is 1. The van der Waals surface area contributed by atoms with Crippen molar-refractivity contribution in [3.63, 3.8) is 0 Å². The van der Waals surface area contributed by atoms with Crippen molar-refractivity contribution >= 4 is 40.8 Å². The molecule has 0 atom stereocenters. The summed E-state index contributed by atoms with van der Waals surface area (Å²) in [4.78, 5) is 17.3. The number of nitrogens with zero attached hydrogens (tertiary/aromatic N) is 3. The monoisotopic (exact) mass is 443 g/mol. The fourth-order valence-electron chi connectivity index (χ4n) is 2.84. The zero-order chi connectivity index (χ0) is 21.5. The number of carbonyl (C=O) groups is 1. The SMILES string of the molecule is CCCn1cc(CN=C(NC(=O)c2cccc(Cl)c2)Nc2cccc(Cl)c2)c(C)n1. The summed E-state index contributed by atoms with van der Waals surface area (Å²) >= 11 is 12.1. The normalized spacial score (nSPS) is 11.4. The lowest BCUT2D eigenvalue weighted by atomic mass is 10.2. The third-order valence-electron chi connectivity index (χ3n) is 4.31. The molecule has 1 amide bonds. The quantitative estimate of drug-likeness (QED) is 0.400. The zero-order valence-corrected chi connectivity index (χ0v) is 18.3. The lowest BCUT2D eigenvalue weighted by Gasteiger charge is -2.12. The van der Waals surface area contributed by atoms with Crippen LogP contribution in [0.15, 0.2) is 59.7 Å². The highest BCUT2D eigenvalue weighted by molar-refractivity contribution is 6.31. The van der Waals surface area contributed by atoms with Gasteiger partial charge in [0.2, 0.25) is 5.96 Å². The number of rotatable bonds is 6. The Balaban J connectivity index is 1.82. The second kappa shape index (κ2) is 10.3. The van der Waals surface area contributed by atoms with Crippen LogP contribution >= 0.6 is 23.2 Å². The van der Waals surface area contributed by atoms with Crippen LogP contribution in [0.25, 0.3) is 0 Å². The summed E-state index contributed by atoms with van der Waals surface area (Å²) in [5.41, 5.74) is 3.06. The first-order chi connectivity index (χ1) is 14.4. The largest absolute Gasteiger partial charge is 0.326 e. The van der Waals surface area contributed by atoms with Crippen LogP contribution in [0.4, 0.5) is 5.69 Å². The van der Waals surface area contributed by atoms with Gasteiger partial charge in [0.25, 0.3) is 5.91 Å². The number of hydrogen-bond donors (Lipinski definition) is 2. The highest BCUT2D eigenvalue weighted by atomic mass is 35.5. The Morgan fingerprint density at radius 2 is 1.87 bits per heavy atom. The molecule has 1 heterocycles. The van der Waals surface area contributed by atoms with E-state index in [0.717, 1.165) is 24.2 Å². The van der Waals surface area contributed by atoms with Gasteiger partial charge in [0.1, 0.15) is 0 Å². The van der Waals surface area contributed by atoms with E-state index in [4.69, 9.17) is 23.2 Å². The highest BCUT2D eigenvalue weighted by Gasteiger charge is 2.11. The van der Waals surface area contributed by atoms with E-state index in [0.29, 0.717) is 33.8 Å². The molecular weight excluding hydrogens is 421 g/mol. The van der Waals surface area contributed by atoms with Crippen LogP contribution in [0.3, 0.4) is 0 Å². The predicted molar refractivity (Wildman–Crippen MR) is 122 cm³/mol. The van der Waals surface area contributed by atoms with Gasteiger partial charge in [0.15, 0.2) is 0 Å². The number of hydrogen-bond acceptors (Lipinski definition) is 3. The molecule has 0 unspecified atom stereocenters. The van der Waals surface area contributed by atoms with E-state index in [9.17, 15) is 4.79 Å². The molecule has 0 fully saturated rings. The Morgan fingerprint density at radius 3 is 2.57 bits per heavy atom. The molecule has 2 aromatic carbocycles. The van der Waals surface area contributed by atoms with Gasteiger partial charge < -0.3 is 5.32 Å². The molecule has 1 aromatic heterocycles. The lowest BCUT2D eigenvalue weighted by Crippen LogP contribution is -2.36. The summed E-state index contributed by atoms with van der Waals surface area (Å²) in [7, 11) is 0. The molecule has 3 aromatic rings. The molecule has 0 aliphatic rings. The van der Waals surface area contributed by atoms with Gasteiger partial charge in [-0.15, -0.1) is 0 Å². The minimum Gasteiger partial charge on any atom is -0.326 e. The molecule has 0 bridgehead atoms. The third kappa shape index (κ3) is 6.08. The average Bonchev–Trinajstić information content (AvgIpc) is 3.05. The van der Waals surface area contributed by atoms with E-state index >= 15 is 0 Å². The molecule has 0 saturated carbocycles. The summed E-state index contributed by atoms with van der Waals surface area (Å²) in [5.74, 6) is -0.00550. The maximum atomic E-state index is 12.7. The number of guanidine groups is 1. The maximum absolute atomic E-state index is 12.7. The molecule has 0 aliphatic carbocycles. The minimum atomic E-state index is -0.316. The van der Waals surface area contributed by atoms with Gasteiger partial charge >= 0.3 is 0 Å². The van der Waals surface area contributed by atoms with Crippen molar-refractivity contribution in [1.29, 1.82) is 0 Å². The van der Waals surface area contributed by atoms with Crippen molar-refractivity contribution in [3.8, 4) is 0 Å². The third-order valence-corrected chi connectivity index (χ3v) is 4.78. The Morgan fingerprint density at radius 1 is 1.13 bits per heavy atom.